The minimum atomic E-state index is -1.27. The number of rotatable bonds is 11. The van der Waals surface area contributed by atoms with Crippen LogP contribution in [0.3, 0.4) is 0 Å². The fourth-order valence-corrected chi connectivity index (χ4v) is 2.00. The number of carboxylic acids is 1. The highest BCUT2D eigenvalue weighted by atomic mass is 32.2. The fraction of sp³-hybridized carbons (Fsp3) is 0.471. The maximum absolute atomic E-state index is 10.8. The van der Waals surface area contributed by atoms with E-state index in [1.165, 1.54) is 19.0 Å². The average Bonchev–Trinajstić information content (AvgIpc) is 2.62. The standard InChI is InChI=1S/C15H22N4O4S.C2H7N/c1-15(17,14(20)21)7-8-23-24-10-9-22-12-5-3-11(4-6-12)13(16)19-18-2;1-2-3/h3-6H,2,7-10,17H2,1H3,(H2,16,19)(H,20,21);2-3H2,1H3. The second-order valence-electron chi connectivity index (χ2n) is 5.52. The third kappa shape index (κ3) is 11.2. The number of carbonyl (C=O) groups is 1. The van der Waals surface area contributed by atoms with Crippen molar-refractivity contribution in [3.63, 3.8) is 0 Å². The molecular formula is C17H29N5O4S. The van der Waals surface area contributed by atoms with Crippen LogP contribution in [0.2, 0.25) is 0 Å². The first-order valence-electron chi connectivity index (χ1n) is 8.27. The van der Waals surface area contributed by atoms with Crippen molar-refractivity contribution in [1.29, 1.82) is 0 Å². The van der Waals surface area contributed by atoms with Crippen LogP contribution in [0.15, 0.2) is 34.5 Å². The molecule has 0 fully saturated rings. The summed E-state index contributed by atoms with van der Waals surface area (Å²) in [5.41, 5.74) is 15.6. The van der Waals surface area contributed by atoms with Crippen molar-refractivity contribution in [2.24, 2.45) is 27.4 Å². The highest BCUT2D eigenvalue weighted by Gasteiger charge is 2.27. The molecular weight excluding hydrogens is 370 g/mol. The molecule has 0 aliphatic carbocycles. The van der Waals surface area contributed by atoms with Gasteiger partial charge in [-0.25, -0.2) is 0 Å². The van der Waals surface area contributed by atoms with Crippen LogP contribution < -0.4 is 21.9 Å². The van der Waals surface area contributed by atoms with Gasteiger partial charge in [0.25, 0.3) is 0 Å². The van der Waals surface area contributed by atoms with Crippen molar-refractivity contribution in [3.05, 3.63) is 29.8 Å². The zero-order valence-electron chi connectivity index (χ0n) is 15.8. The van der Waals surface area contributed by atoms with Crippen molar-refractivity contribution in [3.8, 4) is 5.75 Å². The summed E-state index contributed by atoms with van der Waals surface area (Å²) in [7, 11) is 0. The molecule has 1 aromatic rings. The monoisotopic (exact) mass is 399 g/mol. The highest BCUT2D eigenvalue weighted by molar-refractivity contribution is 7.94. The molecule has 0 aliphatic heterocycles. The Kier molecular flexibility index (Phi) is 12.9. The molecule has 7 N–H and O–H groups in total. The molecule has 9 nitrogen and oxygen atoms in total. The van der Waals surface area contributed by atoms with Gasteiger partial charge in [-0.3, -0.25) is 4.79 Å². The lowest BCUT2D eigenvalue weighted by atomic mass is 10.0. The molecule has 0 aliphatic rings. The Morgan fingerprint density at radius 1 is 1.33 bits per heavy atom. The molecule has 1 unspecified atom stereocenters. The lowest BCUT2D eigenvalue weighted by Crippen LogP contribution is -2.45. The third-order valence-corrected chi connectivity index (χ3v) is 3.71. The molecule has 1 atom stereocenters. The molecule has 0 aromatic heterocycles. The van der Waals surface area contributed by atoms with Gasteiger partial charge in [-0.1, -0.05) is 6.92 Å². The SMILES string of the molecule is C=N/N=C(\N)c1ccc(OCCSOCCC(C)(N)C(=O)O)cc1.CCN. The molecule has 0 saturated carbocycles. The van der Waals surface area contributed by atoms with Crippen molar-refractivity contribution in [2.75, 3.05) is 25.5 Å². The summed E-state index contributed by atoms with van der Waals surface area (Å²) in [4.78, 5) is 10.8. The van der Waals surface area contributed by atoms with Gasteiger partial charge in [-0.2, -0.15) is 5.10 Å². The topological polar surface area (TPSA) is 159 Å². The Balaban J connectivity index is 0.00000210. The molecule has 1 aromatic carbocycles. The average molecular weight is 400 g/mol. The molecule has 27 heavy (non-hydrogen) atoms. The van der Waals surface area contributed by atoms with Gasteiger partial charge in [0.15, 0.2) is 5.84 Å². The van der Waals surface area contributed by atoms with Gasteiger partial charge in [-0.05, 0) is 49.8 Å². The predicted octanol–water partition coefficient (Wildman–Crippen LogP) is 1.21. The predicted molar refractivity (Wildman–Crippen MR) is 110 cm³/mol. The second kappa shape index (κ2) is 14.0. The van der Waals surface area contributed by atoms with E-state index in [9.17, 15) is 4.79 Å². The van der Waals surface area contributed by atoms with E-state index in [1.807, 2.05) is 6.92 Å². The summed E-state index contributed by atoms with van der Waals surface area (Å²) < 4.78 is 10.8. The van der Waals surface area contributed by atoms with E-state index < -0.39 is 11.5 Å². The van der Waals surface area contributed by atoms with Crippen molar-refractivity contribution in [2.45, 2.75) is 25.8 Å². The molecule has 1 rings (SSSR count). The van der Waals surface area contributed by atoms with Gasteiger partial charge in [0, 0.05) is 18.7 Å². The molecule has 0 spiro atoms. The van der Waals surface area contributed by atoms with Crippen LogP contribution in [-0.4, -0.2) is 54.7 Å². The normalized spacial score (nSPS) is 13.1. The smallest absolute Gasteiger partial charge is 0.323 e. The maximum Gasteiger partial charge on any atom is 0.323 e. The number of amidine groups is 1. The van der Waals surface area contributed by atoms with Crippen LogP contribution in [0.4, 0.5) is 0 Å². The van der Waals surface area contributed by atoms with Crippen molar-refractivity contribution >= 4 is 30.6 Å². The number of nitrogens with zero attached hydrogens (tertiary/aromatic N) is 2. The number of benzene rings is 1. The van der Waals surface area contributed by atoms with E-state index in [0.29, 0.717) is 18.1 Å². The highest BCUT2D eigenvalue weighted by Crippen LogP contribution is 2.14. The fourth-order valence-electron chi connectivity index (χ4n) is 1.53. The quantitative estimate of drug-likeness (QED) is 0.142. The zero-order chi connectivity index (χ0) is 20.7. The van der Waals surface area contributed by atoms with Gasteiger partial charge in [0.05, 0.1) is 19.0 Å². The summed E-state index contributed by atoms with van der Waals surface area (Å²) in [6, 6.07) is 7.10. The van der Waals surface area contributed by atoms with Gasteiger partial charge in [-0.15, -0.1) is 5.10 Å². The largest absolute Gasteiger partial charge is 0.493 e. The minimum Gasteiger partial charge on any atom is -0.493 e. The number of aliphatic carboxylic acids is 1. The summed E-state index contributed by atoms with van der Waals surface area (Å²) in [6.45, 7) is 8.06. The number of hydrogen-bond acceptors (Lipinski definition) is 8. The molecule has 10 heteroatoms. The Morgan fingerprint density at radius 2 is 1.93 bits per heavy atom. The van der Waals surface area contributed by atoms with E-state index in [0.717, 1.165) is 12.1 Å². The molecule has 0 saturated heterocycles. The molecule has 152 valence electrons. The van der Waals surface area contributed by atoms with E-state index in [4.69, 9.17) is 31.2 Å². The third-order valence-electron chi connectivity index (χ3n) is 3.04. The van der Waals surface area contributed by atoms with Gasteiger partial charge < -0.3 is 31.2 Å². The van der Waals surface area contributed by atoms with E-state index in [1.54, 1.807) is 24.3 Å². The Morgan fingerprint density at radius 3 is 2.44 bits per heavy atom. The van der Waals surface area contributed by atoms with Gasteiger partial charge >= 0.3 is 5.97 Å². The van der Waals surface area contributed by atoms with Gasteiger partial charge in [0.2, 0.25) is 0 Å². The van der Waals surface area contributed by atoms with E-state index in [-0.39, 0.29) is 18.9 Å². The van der Waals surface area contributed by atoms with Crippen LogP contribution in [0, 0.1) is 0 Å². The van der Waals surface area contributed by atoms with E-state index in [2.05, 4.69) is 16.9 Å². The summed E-state index contributed by atoms with van der Waals surface area (Å²) >= 11 is 1.21. The first-order valence-corrected chi connectivity index (χ1v) is 9.18. The molecule has 0 amide bonds. The first-order chi connectivity index (χ1) is 12.8. The molecule has 0 radical (unpaired) electrons. The van der Waals surface area contributed by atoms with Crippen LogP contribution in [0.5, 0.6) is 5.75 Å². The maximum atomic E-state index is 10.8. The van der Waals surface area contributed by atoms with Crippen molar-refractivity contribution < 1.29 is 18.8 Å². The Labute approximate surface area is 164 Å². The summed E-state index contributed by atoms with van der Waals surface area (Å²) in [5, 5.41) is 15.9. The number of nitrogens with two attached hydrogens (primary N) is 3. The van der Waals surface area contributed by atoms with Crippen LogP contribution in [0.1, 0.15) is 25.8 Å². The van der Waals surface area contributed by atoms with Crippen LogP contribution in [0.25, 0.3) is 0 Å². The minimum absolute atomic E-state index is 0.236. The lowest BCUT2D eigenvalue weighted by Gasteiger charge is -2.18. The van der Waals surface area contributed by atoms with Crippen molar-refractivity contribution in [1.82, 2.24) is 0 Å². The lowest BCUT2D eigenvalue weighted by molar-refractivity contribution is -0.143. The number of hydrogen-bond donors (Lipinski definition) is 4. The Bertz CT molecular complexity index is 593. The van der Waals surface area contributed by atoms with Crippen LogP contribution >= 0.6 is 12.0 Å². The Hall–Kier alpha value is -2.14. The summed E-state index contributed by atoms with van der Waals surface area (Å²) in [6.07, 6.45) is 0.236. The zero-order valence-corrected chi connectivity index (χ0v) is 16.6. The molecule has 0 bridgehead atoms. The van der Waals surface area contributed by atoms with Gasteiger partial charge in [0.1, 0.15) is 11.3 Å². The number of ether oxygens (including phenoxy) is 1. The van der Waals surface area contributed by atoms with E-state index >= 15 is 0 Å². The summed E-state index contributed by atoms with van der Waals surface area (Å²) in [5.74, 6) is 0.533. The molecule has 0 heterocycles. The first kappa shape index (κ1) is 24.9. The van der Waals surface area contributed by atoms with Crippen LogP contribution in [-0.2, 0) is 8.98 Å². The second-order valence-corrected chi connectivity index (χ2v) is 6.40. The number of carboxylic acid groups (broad SMARTS) is 1.